The van der Waals surface area contributed by atoms with Crippen molar-refractivity contribution in [1.82, 2.24) is 0 Å². The standard InChI is InChI=1S/C23H24N2O4S/c1-3-18-8-12-20(13-9-18)29-16-23(26)24-19-10-14-21(15-11-19)30(27,28)25-22-7-5-4-6-17(22)2/h4-15,25H,3,16H2,1-2H3,(H,24,26). The molecule has 0 aliphatic heterocycles. The van der Waals surface area contributed by atoms with E-state index in [-0.39, 0.29) is 17.4 Å². The Bertz CT molecular complexity index is 1110. The van der Waals surface area contributed by atoms with Crippen molar-refractivity contribution < 1.29 is 17.9 Å². The molecular formula is C23H24N2O4S. The van der Waals surface area contributed by atoms with Crippen LogP contribution in [0.5, 0.6) is 5.75 Å². The number of benzene rings is 3. The van der Waals surface area contributed by atoms with Crippen LogP contribution >= 0.6 is 0 Å². The molecular weight excluding hydrogens is 400 g/mol. The van der Waals surface area contributed by atoms with E-state index in [1.165, 1.54) is 17.7 Å². The van der Waals surface area contributed by atoms with Gasteiger partial charge in [0, 0.05) is 5.69 Å². The van der Waals surface area contributed by atoms with Crippen LogP contribution in [0.4, 0.5) is 11.4 Å². The van der Waals surface area contributed by atoms with E-state index in [0.717, 1.165) is 12.0 Å². The predicted molar refractivity (Wildman–Crippen MR) is 118 cm³/mol. The molecule has 3 aromatic carbocycles. The van der Waals surface area contributed by atoms with E-state index in [2.05, 4.69) is 17.0 Å². The molecule has 0 unspecified atom stereocenters. The van der Waals surface area contributed by atoms with E-state index < -0.39 is 10.0 Å². The lowest BCUT2D eigenvalue weighted by Gasteiger charge is -2.11. The van der Waals surface area contributed by atoms with Gasteiger partial charge in [-0.1, -0.05) is 37.3 Å². The van der Waals surface area contributed by atoms with Crippen molar-refractivity contribution >= 4 is 27.3 Å². The highest BCUT2D eigenvalue weighted by Crippen LogP contribution is 2.20. The first-order valence-electron chi connectivity index (χ1n) is 9.57. The number of hydrogen-bond donors (Lipinski definition) is 2. The van der Waals surface area contributed by atoms with Crippen LogP contribution in [0.25, 0.3) is 0 Å². The molecule has 0 spiro atoms. The van der Waals surface area contributed by atoms with Crippen molar-refractivity contribution in [2.24, 2.45) is 0 Å². The van der Waals surface area contributed by atoms with Crippen LogP contribution in [0.15, 0.2) is 77.7 Å². The summed E-state index contributed by atoms with van der Waals surface area (Å²) in [6.45, 7) is 3.76. The van der Waals surface area contributed by atoms with E-state index in [0.29, 0.717) is 17.1 Å². The van der Waals surface area contributed by atoms with Gasteiger partial charge < -0.3 is 10.1 Å². The Balaban J connectivity index is 1.58. The fourth-order valence-corrected chi connectivity index (χ4v) is 3.91. The van der Waals surface area contributed by atoms with Gasteiger partial charge in [-0.05, 0) is 66.9 Å². The molecule has 0 radical (unpaired) electrons. The minimum atomic E-state index is -3.72. The molecule has 0 aliphatic carbocycles. The molecule has 0 saturated heterocycles. The second-order valence-corrected chi connectivity index (χ2v) is 8.46. The molecule has 3 rings (SSSR count). The van der Waals surface area contributed by atoms with Crippen molar-refractivity contribution in [3.63, 3.8) is 0 Å². The van der Waals surface area contributed by atoms with Crippen LogP contribution < -0.4 is 14.8 Å². The minimum Gasteiger partial charge on any atom is -0.484 e. The Kier molecular flexibility index (Phi) is 6.74. The van der Waals surface area contributed by atoms with Crippen LogP contribution in [0, 0.1) is 6.92 Å². The average molecular weight is 425 g/mol. The zero-order valence-electron chi connectivity index (χ0n) is 16.9. The minimum absolute atomic E-state index is 0.107. The third-order valence-corrected chi connectivity index (χ3v) is 5.92. The normalized spacial score (nSPS) is 11.0. The first-order valence-corrected chi connectivity index (χ1v) is 11.1. The van der Waals surface area contributed by atoms with Crippen molar-refractivity contribution in [2.75, 3.05) is 16.6 Å². The molecule has 30 heavy (non-hydrogen) atoms. The fraction of sp³-hybridized carbons (Fsp3) is 0.174. The summed E-state index contributed by atoms with van der Waals surface area (Å²) < 4.78 is 33.2. The van der Waals surface area contributed by atoms with E-state index in [4.69, 9.17) is 4.74 Å². The van der Waals surface area contributed by atoms with E-state index in [1.54, 1.807) is 24.3 Å². The third-order valence-electron chi connectivity index (χ3n) is 4.54. The fourth-order valence-electron chi connectivity index (χ4n) is 2.78. The zero-order valence-corrected chi connectivity index (χ0v) is 17.7. The third kappa shape index (κ3) is 5.61. The second kappa shape index (κ2) is 9.45. The maximum Gasteiger partial charge on any atom is 0.262 e. The highest BCUT2D eigenvalue weighted by Gasteiger charge is 2.15. The van der Waals surface area contributed by atoms with Crippen molar-refractivity contribution in [1.29, 1.82) is 0 Å². The Morgan fingerprint density at radius 1 is 0.933 bits per heavy atom. The highest BCUT2D eigenvalue weighted by atomic mass is 32.2. The average Bonchev–Trinajstić information content (AvgIpc) is 2.74. The molecule has 0 saturated carbocycles. The first-order chi connectivity index (χ1) is 14.4. The SMILES string of the molecule is CCc1ccc(OCC(=O)Nc2ccc(S(=O)(=O)Nc3ccccc3C)cc2)cc1. The number of amides is 1. The van der Waals surface area contributed by atoms with E-state index in [9.17, 15) is 13.2 Å². The lowest BCUT2D eigenvalue weighted by atomic mass is 10.2. The number of hydrogen-bond acceptors (Lipinski definition) is 4. The molecule has 2 N–H and O–H groups in total. The number of ether oxygens (including phenoxy) is 1. The molecule has 3 aromatic rings. The molecule has 0 aliphatic rings. The zero-order chi connectivity index (χ0) is 21.6. The Labute approximate surface area is 177 Å². The summed E-state index contributed by atoms with van der Waals surface area (Å²) in [4.78, 5) is 12.2. The van der Waals surface area contributed by atoms with E-state index >= 15 is 0 Å². The lowest BCUT2D eigenvalue weighted by molar-refractivity contribution is -0.118. The largest absolute Gasteiger partial charge is 0.484 e. The Hall–Kier alpha value is -3.32. The van der Waals surface area contributed by atoms with Gasteiger partial charge >= 0.3 is 0 Å². The van der Waals surface area contributed by atoms with Gasteiger partial charge in [-0.25, -0.2) is 8.42 Å². The van der Waals surface area contributed by atoms with Gasteiger partial charge in [-0.2, -0.15) is 0 Å². The summed E-state index contributed by atoms with van der Waals surface area (Å²) in [5.74, 6) is 0.286. The van der Waals surface area contributed by atoms with Crippen LogP contribution in [0.3, 0.4) is 0 Å². The molecule has 0 fully saturated rings. The summed E-state index contributed by atoms with van der Waals surface area (Å²) >= 11 is 0. The molecule has 0 atom stereocenters. The summed E-state index contributed by atoms with van der Waals surface area (Å²) in [7, 11) is -3.72. The van der Waals surface area contributed by atoms with Gasteiger partial charge in [-0.3, -0.25) is 9.52 Å². The highest BCUT2D eigenvalue weighted by molar-refractivity contribution is 7.92. The molecule has 0 heterocycles. The molecule has 156 valence electrons. The van der Waals surface area contributed by atoms with Crippen molar-refractivity contribution in [2.45, 2.75) is 25.2 Å². The number of carbonyl (C=O) groups is 1. The monoisotopic (exact) mass is 424 g/mol. The van der Waals surface area contributed by atoms with E-state index in [1.807, 2.05) is 43.3 Å². The van der Waals surface area contributed by atoms with Gasteiger partial charge in [0.15, 0.2) is 6.61 Å². The maximum absolute atomic E-state index is 12.6. The molecule has 1 amide bonds. The van der Waals surface area contributed by atoms with Gasteiger partial charge in [-0.15, -0.1) is 0 Å². The van der Waals surface area contributed by atoms with Crippen LogP contribution in [-0.2, 0) is 21.2 Å². The van der Waals surface area contributed by atoms with Crippen molar-refractivity contribution in [3.8, 4) is 5.75 Å². The Morgan fingerprint density at radius 2 is 1.60 bits per heavy atom. The number of aryl methyl sites for hydroxylation is 2. The number of rotatable bonds is 8. The number of sulfonamides is 1. The molecule has 0 bridgehead atoms. The first kappa shape index (κ1) is 21.4. The molecule has 0 aromatic heterocycles. The quantitative estimate of drug-likeness (QED) is 0.562. The van der Waals surface area contributed by atoms with Gasteiger partial charge in [0.1, 0.15) is 5.75 Å². The van der Waals surface area contributed by atoms with Crippen LogP contribution in [-0.4, -0.2) is 20.9 Å². The number of carbonyl (C=O) groups excluding carboxylic acids is 1. The van der Waals surface area contributed by atoms with Crippen LogP contribution in [0.2, 0.25) is 0 Å². The van der Waals surface area contributed by atoms with Crippen molar-refractivity contribution in [3.05, 3.63) is 83.9 Å². The van der Waals surface area contributed by atoms with Gasteiger partial charge in [0.05, 0.1) is 10.6 Å². The summed E-state index contributed by atoms with van der Waals surface area (Å²) in [5.41, 5.74) is 3.03. The summed E-state index contributed by atoms with van der Waals surface area (Å²) in [6.07, 6.45) is 0.937. The predicted octanol–water partition coefficient (Wildman–Crippen LogP) is 4.38. The number of anilines is 2. The Morgan fingerprint density at radius 3 is 2.23 bits per heavy atom. The maximum atomic E-state index is 12.6. The van der Waals surface area contributed by atoms with Crippen LogP contribution in [0.1, 0.15) is 18.1 Å². The topological polar surface area (TPSA) is 84.5 Å². The van der Waals surface area contributed by atoms with Gasteiger partial charge in [0.2, 0.25) is 0 Å². The second-order valence-electron chi connectivity index (χ2n) is 6.78. The summed E-state index contributed by atoms with van der Waals surface area (Å²) in [5, 5.41) is 2.69. The number of nitrogens with one attached hydrogen (secondary N) is 2. The van der Waals surface area contributed by atoms with Gasteiger partial charge in [0.25, 0.3) is 15.9 Å². The lowest BCUT2D eigenvalue weighted by Crippen LogP contribution is -2.20. The molecule has 7 heteroatoms. The smallest absolute Gasteiger partial charge is 0.262 e. The number of para-hydroxylation sites is 1. The molecule has 6 nitrogen and oxygen atoms in total. The summed E-state index contributed by atoms with van der Waals surface area (Å²) in [6, 6.07) is 20.7.